The van der Waals surface area contributed by atoms with Gasteiger partial charge in [0.1, 0.15) is 0 Å². The molecule has 0 aliphatic carbocycles. The molecule has 0 saturated heterocycles. The smallest absolute Gasteiger partial charge is 0.222 e. The predicted octanol–water partition coefficient (Wildman–Crippen LogP) is 2.43. The Kier molecular flexibility index (Phi) is 4.95. The van der Waals surface area contributed by atoms with Gasteiger partial charge in [0.15, 0.2) is 0 Å². The Balaban J connectivity index is 4.32. The van der Waals surface area contributed by atoms with Gasteiger partial charge in [0.2, 0.25) is 5.91 Å². The van der Waals surface area contributed by atoms with Gasteiger partial charge in [-0.15, -0.1) is 0 Å². The summed E-state index contributed by atoms with van der Waals surface area (Å²) in [5.41, 5.74) is 0. The summed E-state index contributed by atoms with van der Waals surface area (Å²) in [6.07, 6.45) is 1.65. The monoisotopic (exact) mass is 171 g/mol. The molecule has 0 saturated carbocycles. The topological polar surface area (TPSA) is 20.3 Å². The Morgan fingerprint density at radius 1 is 1.25 bits per heavy atom. The van der Waals surface area contributed by atoms with Crippen molar-refractivity contribution in [2.75, 3.05) is 0 Å². The molecule has 1 atom stereocenters. The van der Waals surface area contributed by atoms with Crippen molar-refractivity contribution in [1.29, 1.82) is 0 Å². The molecule has 0 bridgehead atoms. The zero-order valence-electron chi connectivity index (χ0n) is 8.92. The van der Waals surface area contributed by atoms with Crippen LogP contribution in [0.1, 0.15) is 47.5 Å². The molecule has 0 aliphatic heterocycles. The van der Waals surface area contributed by atoms with E-state index in [1.54, 1.807) is 0 Å². The van der Waals surface area contributed by atoms with Crippen molar-refractivity contribution in [1.82, 2.24) is 4.90 Å². The summed E-state index contributed by atoms with van der Waals surface area (Å²) in [6.45, 7) is 10.3. The van der Waals surface area contributed by atoms with E-state index in [1.807, 2.05) is 11.8 Å². The number of amides is 1. The van der Waals surface area contributed by atoms with Crippen molar-refractivity contribution >= 4 is 5.91 Å². The van der Waals surface area contributed by atoms with E-state index in [1.165, 1.54) is 0 Å². The van der Waals surface area contributed by atoms with Crippen molar-refractivity contribution < 1.29 is 4.79 Å². The molecule has 0 N–H and O–H groups in total. The van der Waals surface area contributed by atoms with Crippen molar-refractivity contribution in [3.8, 4) is 0 Å². The van der Waals surface area contributed by atoms with E-state index in [9.17, 15) is 4.79 Å². The van der Waals surface area contributed by atoms with Crippen molar-refractivity contribution in [2.24, 2.45) is 0 Å². The van der Waals surface area contributed by atoms with Crippen LogP contribution in [0.3, 0.4) is 0 Å². The van der Waals surface area contributed by atoms with Crippen LogP contribution in [-0.4, -0.2) is 22.9 Å². The average molecular weight is 171 g/mol. The van der Waals surface area contributed by atoms with E-state index in [4.69, 9.17) is 0 Å². The highest BCUT2D eigenvalue weighted by atomic mass is 16.2. The maximum absolute atomic E-state index is 11.5. The lowest BCUT2D eigenvalue weighted by Crippen LogP contribution is -2.42. The van der Waals surface area contributed by atoms with Crippen LogP contribution >= 0.6 is 0 Å². The Morgan fingerprint density at radius 2 is 1.75 bits per heavy atom. The summed E-state index contributed by atoms with van der Waals surface area (Å²) in [6, 6.07) is 0.699. The Bertz CT molecular complexity index is 143. The molecule has 1 unspecified atom stereocenters. The lowest BCUT2D eigenvalue weighted by atomic mass is 10.1. The van der Waals surface area contributed by atoms with Crippen LogP contribution in [0.15, 0.2) is 0 Å². The zero-order valence-corrected chi connectivity index (χ0v) is 8.92. The summed E-state index contributed by atoms with van der Waals surface area (Å²) in [4.78, 5) is 13.5. The molecule has 12 heavy (non-hydrogen) atoms. The number of carbonyl (C=O) groups excluding carboxylic acids is 1. The van der Waals surface area contributed by atoms with E-state index in [2.05, 4.69) is 27.7 Å². The molecule has 2 heteroatoms. The molecule has 1 amide bonds. The van der Waals surface area contributed by atoms with Crippen LogP contribution in [-0.2, 0) is 4.79 Å². The maximum Gasteiger partial charge on any atom is 0.222 e. The highest BCUT2D eigenvalue weighted by Crippen LogP contribution is 2.10. The second kappa shape index (κ2) is 5.18. The van der Waals surface area contributed by atoms with Crippen LogP contribution in [0.5, 0.6) is 0 Å². The normalized spacial score (nSPS) is 13.2. The lowest BCUT2D eigenvalue weighted by molar-refractivity contribution is -0.134. The molecular formula is C10H21NO. The van der Waals surface area contributed by atoms with Crippen LogP contribution < -0.4 is 0 Å². The van der Waals surface area contributed by atoms with Gasteiger partial charge in [-0.05, 0) is 27.2 Å². The highest BCUT2D eigenvalue weighted by molar-refractivity contribution is 5.76. The molecule has 0 aromatic heterocycles. The first-order chi connectivity index (χ1) is 5.54. The minimum absolute atomic E-state index is 0.263. The Hall–Kier alpha value is -0.530. The fourth-order valence-corrected chi connectivity index (χ4v) is 1.42. The number of carbonyl (C=O) groups is 1. The van der Waals surface area contributed by atoms with Crippen molar-refractivity contribution in [2.45, 2.75) is 59.5 Å². The van der Waals surface area contributed by atoms with E-state index in [0.717, 1.165) is 6.42 Å². The van der Waals surface area contributed by atoms with Gasteiger partial charge in [-0.2, -0.15) is 0 Å². The summed E-state index contributed by atoms with van der Waals surface area (Å²) in [7, 11) is 0. The molecule has 0 spiro atoms. The minimum Gasteiger partial charge on any atom is -0.338 e. The molecule has 2 nitrogen and oxygen atoms in total. The number of hydrogen-bond donors (Lipinski definition) is 0. The first-order valence-electron chi connectivity index (χ1n) is 4.85. The largest absolute Gasteiger partial charge is 0.338 e. The lowest BCUT2D eigenvalue weighted by Gasteiger charge is -2.32. The van der Waals surface area contributed by atoms with Gasteiger partial charge in [-0.3, -0.25) is 4.79 Å². The van der Waals surface area contributed by atoms with Gasteiger partial charge in [0.25, 0.3) is 0 Å². The summed E-state index contributed by atoms with van der Waals surface area (Å²) >= 11 is 0. The predicted molar refractivity (Wildman–Crippen MR) is 52.0 cm³/mol. The summed E-state index contributed by atoms with van der Waals surface area (Å²) < 4.78 is 0. The molecule has 0 rings (SSSR count). The van der Waals surface area contributed by atoms with Crippen LogP contribution in [0.2, 0.25) is 0 Å². The van der Waals surface area contributed by atoms with Crippen molar-refractivity contribution in [3.63, 3.8) is 0 Å². The van der Waals surface area contributed by atoms with Crippen LogP contribution in [0, 0.1) is 0 Å². The first kappa shape index (κ1) is 11.5. The van der Waals surface area contributed by atoms with Crippen LogP contribution in [0.25, 0.3) is 0 Å². The highest BCUT2D eigenvalue weighted by Gasteiger charge is 2.19. The van der Waals surface area contributed by atoms with E-state index >= 15 is 0 Å². The fourth-order valence-electron chi connectivity index (χ4n) is 1.42. The molecule has 72 valence electrons. The zero-order chi connectivity index (χ0) is 9.72. The third-order valence-electron chi connectivity index (χ3n) is 2.21. The first-order valence-corrected chi connectivity index (χ1v) is 4.85. The molecule has 0 aromatic rings. The summed E-state index contributed by atoms with van der Waals surface area (Å²) in [5, 5.41) is 0. The Labute approximate surface area is 75.9 Å². The van der Waals surface area contributed by atoms with Gasteiger partial charge >= 0.3 is 0 Å². The minimum atomic E-state index is 0.263. The molecule has 0 radical (unpaired) electrons. The second-order valence-corrected chi connectivity index (χ2v) is 3.51. The SMILES string of the molecule is CCC(=O)N(C(C)C)C(C)CC. The van der Waals surface area contributed by atoms with Gasteiger partial charge in [0, 0.05) is 18.5 Å². The molecule has 0 heterocycles. The van der Waals surface area contributed by atoms with E-state index in [0.29, 0.717) is 18.5 Å². The summed E-state index contributed by atoms with van der Waals surface area (Å²) in [5.74, 6) is 0.263. The van der Waals surface area contributed by atoms with Gasteiger partial charge in [-0.1, -0.05) is 13.8 Å². The van der Waals surface area contributed by atoms with E-state index < -0.39 is 0 Å². The van der Waals surface area contributed by atoms with Gasteiger partial charge in [-0.25, -0.2) is 0 Å². The van der Waals surface area contributed by atoms with Gasteiger partial charge in [0.05, 0.1) is 0 Å². The molecule has 0 aromatic carbocycles. The molecule has 0 aliphatic rings. The number of rotatable bonds is 4. The van der Waals surface area contributed by atoms with Gasteiger partial charge < -0.3 is 4.90 Å². The third kappa shape index (κ3) is 2.84. The Morgan fingerprint density at radius 3 is 2.00 bits per heavy atom. The molecule has 0 fully saturated rings. The van der Waals surface area contributed by atoms with Crippen LogP contribution in [0.4, 0.5) is 0 Å². The van der Waals surface area contributed by atoms with E-state index in [-0.39, 0.29) is 5.91 Å². The third-order valence-corrected chi connectivity index (χ3v) is 2.21. The number of nitrogens with zero attached hydrogens (tertiary/aromatic N) is 1. The average Bonchev–Trinajstić information content (AvgIpc) is 2.03. The quantitative estimate of drug-likeness (QED) is 0.636. The number of hydrogen-bond acceptors (Lipinski definition) is 1. The molecular weight excluding hydrogens is 150 g/mol. The second-order valence-electron chi connectivity index (χ2n) is 3.51. The van der Waals surface area contributed by atoms with Crippen molar-refractivity contribution in [3.05, 3.63) is 0 Å². The fraction of sp³-hybridized carbons (Fsp3) is 0.900. The standard InChI is InChI=1S/C10H21NO/c1-6-9(5)11(8(3)4)10(12)7-2/h8-9H,6-7H2,1-5H3. The maximum atomic E-state index is 11.5.